The van der Waals surface area contributed by atoms with Crippen LogP contribution in [0.4, 0.5) is 8.78 Å². The van der Waals surface area contributed by atoms with Crippen molar-refractivity contribution in [3.05, 3.63) is 35.4 Å². The molecule has 0 heterocycles. The van der Waals surface area contributed by atoms with Crippen LogP contribution in [-0.4, -0.2) is 16.8 Å². The Kier molecular flexibility index (Phi) is 1.51. The first-order valence-electron chi connectivity index (χ1n) is 3.74. The molecule has 13 heavy (non-hydrogen) atoms. The number of ketones is 1. The molecule has 4 heteroatoms. The van der Waals surface area contributed by atoms with Gasteiger partial charge in [-0.1, -0.05) is 24.3 Å². The van der Waals surface area contributed by atoms with Gasteiger partial charge in [-0.3, -0.25) is 4.79 Å². The molecule has 2 rings (SSSR count). The Bertz CT molecular complexity index is 374. The van der Waals surface area contributed by atoms with Crippen LogP contribution in [0.15, 0.2) is 24.3 Å². The van der Waals surface area contributed by atoms with Crippen molar-refractivity contribution in [2.75, 3.05) is 0 Å². The third-order valence-electron chi connectivity index (χ3n) is 2.15. The summed E-state index contributed by atoms with van der Waals surface area (Å²) in [4.78, 5) is 11.0. The first-order valence-corrected chi connectivity index (χ1v) is 3.74. The fourth-order valence-corrected chi connectivity index (χ4v) is 1.44. The Morgan fingerprint density at radius 1 is 1.31 bits per heavy atom. The molecule has 1 aliphatic rings. The van der Waals surface area contributed by atoms with Crippen LogP contribution in [0.25, 0.3) is 0 Å². The molecule has 1 atom stereocenters. The highest BCUT2D eigenvalue weighted by Crippen LogP contribution is 2.42. The number of carbonyl (C=O) groups is 1. The standard InChI is InChI=1S/C9H6F2O2/c10-9(11)7(12)5-3-1-2-4-6(5)8(9)13/h1-4,7,12H/t7-/m0/s1. The van der Waals surface area contributed by atoms with Crippen LogP contribution in [0.5, 0.6) is 0 Å². The van der Waals surface area contributed by atoms with Crippen molar-refractivity contribution < 1.29 is 18.7 Å². The summed E-state index contributed by atoms with van der Waals surface area (Å²) >= 11 is 0. The molecule has 0 fully saturated rings. The lowest BCUT2D eigenvalue weighted by atomic mass is 10.1. The van der Waals surface area contributed by atoms with E-state index in [9.17, 15) is 13.6 Å². The van der Waals surface area contributed by atoms with Gasteiger partial charge in [0.2, 0.25) is 5.78 Å². The van der Waals surface area contributed by atoms with Crippen LogP contribution in [-0.2, 0) is 0 Å². The number of hydrogen-bond acceptors (Lipinski definition) is 2. The molecule has 68 valence electrons. The summed E-state index contributed by atoms with van der Waals surface area (Å²) in [6.07, 6.45) is -1.99. The first-order chi connectivity index (χ1) is 6.05. The second kappa shape index (κ2) is 2.35. The smallest absolute Gasteiger partial charge is 0.339 e. The summed E-state index contributed by atoms with van der Waals surface area (Å²) in [5, 5.41) is 9.11. The number of halogens is 2. The molecule has 1 aromatic carbocycles. The third kappa shape index (κ3) is 0.920. The van der Waals surface area contributed by atoms with E-state index in [0.717, 1.165) is 0 Å². The maximum atomic E-state index is 12.9. The number of aliphatic hydroxyl groups excluding tert-OH is 1. The molecule has 0 unspecified atom stereocenters. The zero-order valence-corrected chi connectivity index (χ0v) is 6.50. The lowest BCUT2D eigenvalue weighted by Crippen LogP contribution is -2.28. The number of alkyl halides is 2. The van der Waals surface area contributed by atoms with Crippen molar-refractivity contribution in [3.8, 4) is 0 Å². The average molecular weight is 184 g/mol. The molecule has 0 aromatic heterocycles. The minimum Gasteiger partial charge on any atom is -0.382 e. The van der Waals surface area contributed by atoms with Crippen molar-refractivity contribution in [3.63, 3.8) is 0 Å². The second-order valence-electron chi connectivity index (χ2n) is 2.94. The zero-order chi connectivity index (χ0) is 9.64. The van der Waals surface area contributed by atoms with E-state index in [0.29, 0.717) is 0 Å². The predicted octanol–water partition coefficient (Wildman–Crippen LogP) is 1.55. The van der Waals surface area contributed by atoms with E-state index in [1.807, 2.05) is 0 Å². The van der Waals surface area contributed by atoms with E-state index >= 15 is 0 Å². The van der Waals surface area contributed by atoms with E-state index in [1.165, 1.54) is 24.3 Å². The zero-order valence-electron chi connectivity index (χ0n) is 6.50. The third-order valence-corrected chi connectivity index (χ3v) is 2.15. The van der Waals surface area contributed by atoms with Gasteiger partial charge in [0.15, 0.2) is 6.10 Å². The van der Waals surface area contributed by atoms with Crippen LogP contribution in [0, 0.1) is 0 Å². The van der Waals surface area contributed by atoms with Gasteiger partial charge in [-0.25, -0.2) is 0 Å². The summed E-state index contributed by atoms with van der Waals surface area (Å²) in [5.74, 6) is -4.96. The molecule has 1 aliphatic carbocycles. The number of Topliss-reactive ketones (excluding diaryl/α,β-unsaturated/α-hetero) is 1. The van der Waals surface area contributed by atoms with E-state index < -0.39 is 17.8 Å². The SMILES string of the molecule is O=C1c2ccccc2[C@H](O)C1(F)F. The fraction of sp³-hybridized carbons (Fsp3) is 0.222. The highest BCUT2D eigenvalue weighted by Gasteiger charge is 2.54. The highest BCUT2D eigenvalue weighted by atomic mass is 19.3. The molecule has 2 nitrogen and oxygen atoms in total. The van der Waals surface area contributed by atoms with Crippen molar-refractivity contribution in [2.45, 2.75) is 12.0 Å². The molecule has 0 aliphatic heterocycles. The van der Waals surface area contributed by atoms with Gasteiger partial charge in [-0.05, 0) is 5.56 Å². The van der Waals surface area contributed by atoms with Crippen LogP contribution in [0.1, 0.15) is 22.0 Å². The number of carbonyl (C=O) groups excluding carboxylic acids is 1. The molecule has 0 bridgehead atoms. The topological polar surface area (TPSA) is 37.3 Å². The summed E-state index contributed by atoms with van der Waals surface area (Å²) in [7, 11) is 0. The number of rotatable bonds is 0. The first kappa shape index (κ1) is 8.31. The Hall–Kier alpha value is -1.29. The van der Waals surface area contributed by atoms with Gasteiger partial charge in [0, 0.05) is 5.56 Å². The minimum atomic E-state index is -3.66. The summed E-state index contributed by atoms with van der Waals surface area (Å²) in [6.45, 7) is 0. The predicted molar refractivity (Wildman–Crippen MR) is 40.7 cm³/mol. The van der Waals surface area contributed by atoms with E-state index in [1.54, 1.807) is 0 Å². The summed E-state index contributed by atoms with van der Waals surface area (Å²) < 4.78 is 25.8. The Morgan fingerprint density at radius 2 is 1.92 bits per heavy atom. The molecule has 0 amide bonds. The number of benzene rings is 1. The summed E-state index contributed by atoms with van der Waals surface area (Å²) in [6, 6.07) is 5.63. The molecular formula is C9H6F2O2. The normalized spacial score (nSPS) is 24.5. The molecule has 1 N–H and O–H groups in total. The number of fused-ring (bicyclic) bond motifs is 1. The largest absolute Gasteiger partial charge is 0.382 e. The van der Waals surface area contributed by atoms with Gasteiger partial charge in [-0.2, -0.15) is 8.78 Å². The minimum absolute atomic E-state index is 0.0116. The Labute approximate surface area is 72.8 Å². The van der Waals surface area contributed by atoms with E-state index in [-0.39, 0.29) is 11.1 Å². The van der Waals surface area contributed by atoms with Crippen molar-refractivity contribution in [2.24, 2.45) is 0 Å². The van der Waals surface area contributed by atoms with Gasteiger partial charge in [0.25, 0.3) is 0 Å². The monoisotopic (exact) mass is 184 g/mol. The number of aliphatic hydroxyl groups is 1. The Balaban J connectivity index is 2.64. The lowest BCUT2D eigenvalue weighted by molar-refractivity contribution is -0.0707. The van der Waals surface area contributed by atoms with Crippen LogP contribution < -0.4 is 0 Å². The average Bonchev–Trinajstić information content (AvgIpc) is 2.30. The molecule has 0 spiro atoms. The van der Waals surface area contributed by atoms with Gasteiger partial charge in [0.05, 0.1) is 0 Å². The van der Waals surface area contributed by atoms with Gasteiger partial charge in [-0.15, -0.1) is 0 Å². The van der Waals surface area contributed by atoms with Crippen molar-refractivity contribution in [1.29, 1.82) is 0 Å². The van der Waals surface area contributed by atoms with Crippen LogP contribution in [0.3, 0.4) is 0 Å². The van der Waals surface area contributed by atoms with Crippen LogP contribution in [0.2, 0.25) is 0 Å². The number of hydrogen-bond donors (Lipinski definition) is 1. The van der Waals surface area contributed by atoms with Gasteiger partial charge in [0.1, 0.15) is 0 Å². The van der Waals surface area contributed by atoms with E-state index in [4.69, 9.17) is 5.11 Å². The van der Waals surface area contributed by atoms with Gasteiger partial charge < -0.3 is 5.11 Å². The van der Waals surface area contributed by atoms with Gasteiger partial charge >= 0.3 is 5.92 Å². The maximum Gasteiger partial charge on any atom is 0.339 e. The Morgan fingerprint density at radius 3 is 2.54 bits per heavy atom. The summed E-state index contributed by atoms with van der Waals surface area (Å²) in [5.41, 5.74) is -0.0718. The molecule has 0 radical (unpaired) electrons. The maximum absolute atomic E-state index is 12.9. The fourth-order valence-electron chi connectivity index (χ4n) is 1.44. The van der Waals surface area contributed by atoms with Crippen LogP contribution >= 0.6 is 0 Å². The van der Waals surface area contributed by atoms with E-state index in [2.05, 4.69) is 0 Å². The second-order valence-corrected chi connectivity index (χ2v) is 2.94. The molecular weight excluding hydrogens is 178 g/mol. The highest BCUT2D eigenvalue weighted by molar-refractivity contribution is 6.06. The molecule has 0 saturated heterocycles. The molecule has 0 saturated carbocycles. The van der Waals surface area contributed by atoms with Crippen molar-refractivity contribution >= 4 is 5.78 Å². The lowest BCUT2D eigenvalue weighted by Gasteiger charge is -2.11. The quantitative estimate of drug-likeness (QED) is 0.664. The van der Waals surface area contributed by atoms with Crippen molar-refractivity contribution in [1.82, 2.24) is 0 Å². The molecule has 1 aromatic rings.